The summed E-state index contributed by atoms with van der Waals surface area (Å²) >= 11 is 0. The summed E-state index contributed by atoms with van der Waals surface area (Å²) in [5.41, 5.74) is 26.3. The highest BCUT2D eigenvalue weighted by atomic mass is 28.3. The van der Waals surface area contributed by atoms with Crippen LogP contribution in [0, 0.1) is 13.8 Å². The lowest BCUT2D eigenvalue weighted by Gasteiger charge is -2.31. The molecule has 0 bridgehead atoms. The molecular weight excluding hydrogens is 1620 g/mol. The first-order valence-corrected chi connectivity index (χ1v) is 52.1. The molecule has 0 radical (unpaired) electrons. The van der Waals surface area contributed by atoms with Gasteiger partial charge in [0.05, 0.1) is 0 Å². The molecular formula is C117H89N9Si3. The average Bonchev–Trinajstić information content (AvgIpc) is 1.54. The first kappa shape index (κ1) is 80.5. The molecule has 0 spiro atoms. The quantitative estimate of drug-likeness (QED) is 0.0981. The summed E-state index contributed by atoms with van der Waals surface area (Å²) in [5, 5.41) is 11.3. The first-order valence-electron chi connectivity index (χ1n) is 44.1. The molecule has 17 aromatic carbocycles. The standard InChI is InChI=1S/C47H35N3Si.2C35H27N3Si/c1-32-20-28-38(29-21-32)51(39-30-22-33(2)23-31-39)42-18-10-9-16-40(42)44-41(17-11-19-43(44)51)47-49-45(36-14-7-4-8-15-36)48-46(50-47)37-26-24-35(25-27-37)34-12-5-3-6-13-34;1-39(2)31-22-10-9-19-28(31)29-20-12-21-30(32(29)39)35-37-33(25-15-7-4-8-16-25)36-34(38-35)27-18-11-17-26(23-27)24-13-5-3-6-14-24;1-39(2)31-19-10-9-18-29(31)30-21-20-28(23-32(30)39)35-37-33(25-14-7-4-8-15-25)36-34(38-35)27-17-11-16-26(22-27)24-12-5-3-6-13-24/h3-31H,1-2H3;2*3-23H,1-2H3. The molecule has 3 aliphatic heterocycles. The number of aromatic nitrogens is 9. The van der Waals surface area contributed by atoms with Crippen LogP contribution in [0.2, 0.25) is 26.2 Å². The molecule has 129 heavy (non-hydrogen) atoms. The van der Waals surface area contributed by atoms with E-state index in [1.165, 1.54) is 103 Å². The zero-order valence-corrected chi connectivity index (χ0v) is 75.5. The van der Waals surface area contributed by atoms with Crippen molar-refractivity contribution in [2.45, 2.75) is 40.0 Å². The van der Waals surface area contributed by atoms with Crippen molar-refractivity contribution < 1.29 is 0 Å². The molecule has 23 rings (SSSR count). The summed E-state index contributed by atoms with van der Waals surface area (Å²) in [6.45, 7) is 14.1. The second-order valence-corrected chi connectivity index (χ2v) is 46.8. The second-order valence-electron chi connectivity index (χ2n) is 34.4. The summed E-state index contributed by atoms with van der Waals surface area (Å²) < 4.78 is 0. The molecule has 0 N–H and O–H groups in total. The van der Waals surface area contributed by atoms with Gasteiger partial charge in [-0.2, -0.15) is 0 Å². The van der Waals surface area contributed by atoms with Gasteiger partial charge in [-0.3, -0.25) is 0 Å². The fraction of sp³-hybridized carbons (Fsp3) is 0.0513. The highest BCUT2D eigenvalue weighted by Crippen LogP contribution is 2.41. The highest BCUT2D eigenvalue weighted by Gasteiger charge is 2.50. The van der Waals surface area contributed by atoms with Crippen LogP contribution in [0.3, 0.4) is 0 Å². The van der Waals surface area contributed by atoms with Crippen LogP contribution in [-0.2, 0) is 0 Å². The summed E-state index contributed by atoms with van der Waals surface area (Å²) in [6.07, 6.45) is 0. The summed E-state index contributed by atoms with van der Waals surface area (Å²) in [5.74, 6) is 6.16. The Labute approximate surface area is 756 Å². The predicted molar refractivity (Wildman–Crippen MR) is 541 cm³/mol. The molecule has 0 saturated heterocycles. The minimum atomic E-state index is -2.70. The summed E-state index contributed by atoms with van der Waals surface area (Å²) in [7, 11) is -6.47. The minimum Gasteiger partial charge on any atom is -0.208 e. The van der Waals surface area contributed by atoms with Crippen molar-refractivity contribution in [1.29, 1.82) is 0 Å². The first-order chi connectivity index (χ1) is 63.3. The van der Waals surface area contributed by atoms with E-state index in [-0.39, 0.29) is 0 Å². The number of hydrogen-bond acceptors (Lipinski definition) is 9. The third-order valence-electron chi connectivity index (χ3n) is 25.6. The van der Waals surface area contributed by atoms with Crippen LogP contribution in [0.25, 0.3) is 169 Å². The van der Waals surface area contributed by atoms with Crippen molar-refractivity contribution >= 4 is 65.7 Å². The van der Waals surface area contributed by atoms with Gasteiger partial charge in [-0.25, -0.2) is 44.9 Å². The van der Waals surface area contributed by atoms with Crippen molar-refractivity contribution in [1.82, 2.24) is 44.9 Å². The van der Waals surface area contributed by atoms with Crippen LogP contribution in [0.15, 0.2) is 431 Å². The van der Waals surface area contributed by atoms with E-state index in [1.807, 2.05) is 72.8 Å². The average molecular weight is 1710 g/mol. The SMILES string of the molecule is C[Si]1(C)c2ccccc2-c2ccc(-c3nc(-c4ccccc4)nc(-c4cccc(-c5ccccc5)c4)n3)cc21.C[Si]1(C)c2ccccc2-c2cccc(-c3nc(-c4ccccc4)nc(-c4cccc(-c5ccccc5)c4)n3)c21.Cc1ccc([Si]2(c3ccc(C)cc3)c3ccccc3-c3c(-c4nc(-c5ccccc5)nc(-c5ccc(-c6ccccc6)cc5)n4)cccc32)cc1. The van der Waals surface area contributed by atoms with E-state index < -0.39 is 24.2 Å². The van der Waals surface area contributed by atoms with Crippen molar-refractivity contribution in [2.75, 3.05) is 0 Å². The van der Waals surface area contributed by atoms with Crippen molar-refractivity contribution in [3.63, 3.8) is 0 Å². The third-order valence-corrected chi connectivity index (χ3v) is 37.6. The van der Waals surface area contributed by atoms with Crippen LogP contribution in [0.1, 0.15) is 11.1 Å². The molecule has 3 aromatic heterocycles. The zero-order chi connectivity index (χ0) is 87.2. The molecule has 6 heterocycles. The van der Waals surface area contributed by atoms with Crippen LogP contribution in [0.5, 0.6) is 0 Å². The molecule has 0 aliphatic carbocycles. The number of hydrogen-bond donors (Lipinski definition) is 0. The Hall–Kier alpha value is -15.6. The lowest BCUT2D eigenvalue weighted by atomic mass is 9.99. The van der Waals surface area contributed by atoms with Crippen molar-refractivity contribution in [3.05, 3.63) is 442 Å². The molecule has 3 aliphatic rings. The lowest BCUT2D eigenvalue weighted by Crippen LogP contribution is -2.72. The fourth-order valence-corrected chi connectivity index (χ4v) is 30.9. The van der Waals surface area contributed by atoms with Gasteiger partial charge in [0, 0.05) is 50.1 Å². The molecule has 9 nitrogen and oxygen atoms in total. The predicted octanol–water partition coefficient (Wildman–Crippen LogP) is 23.2. The van der Waals surface area contributed by atoms with Crippen LogP contribution in [0.4, 0.5) is 0 Å². The molecule has 0 fully saturated rings. The Morgan fingerprint density at radius 1 is 0.163 bits per heavy atom. The normalized spacial score (nSPS) is 12.9. The van der Waals surface area contributed by atoms with E-state index in [4.69, 9.17) is 44.9 Å². The number of aryl methyl sites for hydroxylation is 2. The van der Waals surface area contributed by atoms with E-state index in [0.29, 0.717) is 46.6 Å². The lowest BCUT2D eigenvalue weighted by molar-refractivity contribution is 1.07. The van der Waals surface area contributed by atoms with Gasteiger partial charge in [-0.15, -0.1) is 0 Å². The van der Waals surface area contributed by atoms with Crippen LogP contribution in [-0.4, -0.2) is 69.1 Å². The van der Waals surface area contributed by atoms with Crippen LogP contribution >= 0.6 is 0 Å². The van der Waals surface area contributed by atoms with Gasteiger partial charge in [0.15, 0.2) is 60.5 Å². The van der Waals surface area contributed by atoms with E-state index >= 15 is 0 Å². The minimum absolute atomic E-state index is 0.655. The van der Waals surface area contributed by atoms with Crippen LogP contribution < -0.4 is 41.5 Å². The van der Waals surface area contributed by atoms with Gasteiger partial charge in [0.25, 0.3) is 0 Å². The molecule has 0 unspecified atom stereocenters. The van der Waals surface area contributed by atoms with Crippen molar-refractivity contribution in [3.8, 4) is 169 Å². The van der Waals surface area contributed by atoms with Gasteiger partial charge in [-0.05, 0) is 134 Å². The number of fused-ring (bicyclic) bond motifs is 9. The Kier molecular flexibility index (Phi) is 21.3. The molecule has 12 heteroatoms. The Balaban J connectivity index is 0.000000119. The maximum atomic E-state index is 5.26. The number of benzene rings is 17. The highest BCUT2D eigenvalue weighted by molar-refractivity contribution is 7.22. The van der Waals surface area contributed by atoms with E-state index in [0.717, 1.165) is 72.6 Å². The molecule has 0 amide bonds. The van der Waals surface area contributed by atoms with Gasteiger partial charge in [0.2, 0.25) is 0 Å². The second kappa shape index (κ2) is 34.1. The monoisotopic (exact) mass is 1700 g/mol. The van der Waals surface area contributed by atoms with Gasteiger partial charge < -0.3 is 0 Å². The van der Waals surface area contributed by atoms with E-state index in [9.17, 15) is 0 Å². The summed E-state index contributed by atoms with van der Waals surface area (Å²) in [4.78, 5) is 45.8. The smallest absolute Gasteiger partial charge is 0.180 e. The fourth-order valence-electron chi connectivity index (χ4n) is 19.2. The van der Waals surface area contributed by atoms with E-state index in [2.05, 4.69) is 398 Å². The number of nitrogens with zero attached hydrogens (tertiary/aromatic N) is 9. The third kappa shape index (κ3) is 15.2. The zero-order valence-electron chi connectivity index (χ0n) is 72.5. The molecule has 20 aromatic rings. The van der Waals surface area contributed by atoms with Gasteiger partial charge >= 0.3 is 0 Å². The number of rotatable bonds is 14. The molecule has 0 saturated carbocycles. The summed E-state index contributed by atoms with van der Waals surface area (Å²) in [6, 6.07) is 153. The topological polar surface area (TPSA) is 116 Å². The Morgan fingerprint density at radius 2 is 0.434 bits per heavy atom. The van der Waals surface area contributed by atoms with Gasteiger partial charge in [0.1, 0.15) is 16.1 Å². The Bertz CT molecular complexity index is 7550. The maximum Gasteiger partial charge on any atom is 0.180 e. The largest absolute Gasteiger partial charge is 0.208 e. The molecule has 0 atom stereocenters. The Morgan fingerprint density at radius 3 is 0.899 bits per heavy atom. The molecule has 614 valence electrons. The van der Waals surface area contributed by atoms with Gasteiger partial charge in [-0.1, -0.05) is 456 Å². The maximum absolute atomic E-state index is 5.26. The van der Waals surface area contributed by atoms with E-state index in [1.54, 1.807) is 0 Å². The van der Waals surface area contributed by atoms with Crippen molar-refractivity contribution in [2.24, 2.45) is 0 Å².